The molecule has 0 saturated heterocycles. The number of hydrogen-bond acceptors (Lipinski definition) is 3. The van der Waals surface area contributed by atoms with Crippen molar-refractivity contribution in [2.24, 2.45) is 11.5 Å². The van der Waals surface area contributed by atoms with Crippen LogP contribution in [0.3, 0.4) is 0 Å². The maximum Gasteiger partial charge on any atom is 0.0292 e. The quantitative estimate of drug-likeness (QED) is 0.775. The van der Waals surface area contributed by atoms with E-state index in [-0.39, 0.29) is 6.04 Å². The van der Waals surface area contributed by atoms with Crippen LogP contribution in [0, 0.1) is 13.8 Å². The molecule has 1 aromatic rings. The lowest BCUT2D eigenvalue weighted by molar-refractivity contribution is 0.316. The molecular formula is C14H25N3. The van der Waals surface area contributed by atoms with Gasteiger partial charge in [-0.25, -0.2) is 0 Å². The third kappa shape index (κ3) is 4.86. The highest BCUT2D eigenvalue weighted by Gasteiger charge is 2.06. The van der Waals surface area contributed by atoms with Gasteiger partial charge in [0.25, 0.3) is 0 Å². The van der Waals surface area contributed by atoms with Crippen LogP contribution in [0.15, 0.2) is 18.2 Å². The van der Waals surface area contributed by atoms with Crippen molar-refractivity contribution in [1.29, 1.82) is 0 Å². The average molecular weight is 235 g/mol. The van der Waals surface area contributed by atoms with Crippen molar-refractivity contribution >= 4 is 0 Å². The molecule has 1 rings (SSSR count). The van der Waals surface area contributed by atoms with Crippen molar-refractivity contribution in [3.05, 3.63) is 34.9 Å². The molecular weight excluding hydrogens is 210 g/mol. The normalized spacial score (nSPS) is 13.1. The fourth-order valence-electron chi connectivity index (χ4n) is 2.00. The largest absolute Gasteiger partial charge is 0.329 e. The van der Waals surface area contributed by atoms with Gasteiger partial charge in [-0.3, -0.25) is 0 Å². The molecule has 0 saturated carbocycles. The Morgan fingerprint density at radius 1 is 1.29 bits per heavy atom. The Balaban J connectivity index is 2.44. The van der Waals surface area contributed by atoms with Gasteiger partial charge in [0, 0.05) is 25.7 Å². The lowest BCUT2D eigenvalue weighted by Gasteiger charge is -2.20. The molecule has 1 atom stereocenters. The first-order chi connectivity index (χ1) is 8.02. The summed E-state index contributed by atoms with van der Waals surface area (Å²) in [6.07, 6.45) is 1.07. The molecule has 0 aliphatic carbocycles. The maximum absolute atomic E-state index is 5.83. The summed E-state index contributed by atoms with van der Waals surface area (Å²) in [5, 5.41) is 0. The first-order valence-corrected chi connectivity index (χ1v) is 6.23. The van der Waals surface area contributed by atoms with Crippen LogP contribution in [-0.2, 0) is 6.42 Å². The van der Waals surface area contributed by atoms with E-state index in [2.05, 4.69) is 44.0 Å². The van der Waals surface area contributed by atoms with Gasteiger partial charge in [-0.15, -0.1) is 0 Å². The second-order valence-electron chi connectivity index (χ2n) is 4.94. The number of rotatable bonds is 6. The van der Waals surface area contributed by atoms with Crippen molar-refractivity contribution in [3.63, 3.8) is 0 Å². The highest BCUT2D eigenvalue weighted by molar-refractivity contribution is 5.30. The van der Waals surface area contributed by atoms with Crippen molar-refractivity contribution in [3.8, 4) is 0 Å². The highest BCUT2D eigenvalue weighted by Crippen LogP contribution is 2.11. The van der Waals surface area contributed by atoms with E-state index in [1.807, 2.05) is 0 Å². The number of nitrogens with two attached hydrogens (primary N) is 2. The Labute approximate surface area is 105 Å². The second kappa shape index (κ2) is 6.74. The van der Waals surface area contributed by atoms with E-state index >= 15 is 0 Å². The monoisotopic (exact) mass is 235 g/mol. The Bertz CT molecular complexity index is 349. The second-order valence-corrected chi connectivity index (χ2v) is 4.94. The molecule has 0 aliphatic heterocycles. The zero-order valence-electron chi connectivity index (χ0n) is 11.2. The van der Waals surface area contributed by atoms with Crippen molar-refractivity contribution in [1.82, 2.24) is 4.90 Å². The molecule has 17 heavy (non-hydrogen) atoms. The molecule has 0 aromatic heterocycles. The van der Waals surface area contributed by atoms with Crippen molar-refractivity contribution in [2.75, 3.05) is 26.7 Å². The van der Waals surface area contributed by atoms with E-state index in [1.54, 1.807) is 0 Å². The first-order valence-electron chi connectivity index (χ1n) is 6.23. The number of likely N-dealkylation sites (N-methyl/N-ethyl adjacent to an activating group) is 1. The first kappa shape index (κ1) is 14.2. The molecule has 96 valence electrons. The molecule has 0 heterocycles. The fourth-order valence-corrected chi connectivity index (χ4v) is 2.00. The zero-order chi connectivity index (χ0) is 12.8. The van der Waals surface area contributed by atoms with Gasteiger partial charge in [-0.1, -0.05) is 23.8 Å². The summed E-state index contributed by atoms with van der Waals surface area (Å²) < 4.78 is 0. The van der Waals surface area contributed by atoms with Gasteiger partial charge in [0.05, 0.1) is 0 Å². The molecule has 3 heteroatoms. The minimum atomic E-state index is 0.0825. The molecule has 4 N–H and O–H groups in total. The summed E-state index contributed by atoms with van der Waals surface area (Å²) in [6.45, 7) is 6.74. The number of benzene rings is 1. The third-order valence-electron chi connectivity index (χ3n) is 3.11. The molecule has 0 radical (unpaired) electrons. The van der Waals surface area contributed by atoms with E-state index in [4.69, 9.17) is 11.5 Å². The minimum Gasteiger partial charge on any atom is -0.329 e. The standard InChI is InChI=1S/C14H25N3/c1-11-4-5-13(12(2)8-11)6-7-17(3)10-14(16)9-15/h4-5,8,14H,6-7,9-10,15-16H2,1-3H3. The van der Waals surface area contributed by atoms with Crippen LogP contribution < -0.4 is 11.5 Å². The SMILES string of the molecule is Cc1ccc(CCN(C)CC(N)CN)c(C)c1. The molecule has 0 aliphatic rings. The smallest absolute Gasteiger partial charge is 0.0292 e. The molecule has 0 amide bonds. The fraction of sp³-hybridized carbons (Fsp3) is 0.571. The van der Waals surface area contributed by atoms with Gasteiger partial charge in [-0.2, -0.15) is 0 Å². The van der Waals surface area contributed by atoms with Crippen LogP contribution in [0.25, 0.3) is 0 Å². The highest BCUT2D eigenvalue weighted by atomic mass is 15.1. The molecule has 0 fully saturated rings. The van der Waals surface area contributed by atoms with E-state index in [0.29, 0.717) is 6.54 Å². The summed E-state index contributed by atoms with van der Waals surface area (Å²) in [5.74, 6) is 0. The number of aryl methyl sites for hydroxylation is 2. The third-order valence-corrected chi connectivity index (χ3v) is 3.11. The van der Waals surface area contributed by atoms with Crippen LogP contribution in [-0.4, -0.2) is 37.6 Å². The van der Waals surface area contributed by atoms with Gasteiger partial charge in [0.1, 0.15) is 0 Å². The van der Waals surface area contributed by atoms with E-state index in [1.165, 1.54) is 16.7 Å². The van der Waals surface area contributed by atoms with Crippen molar-refractivity contribution in [2.45, 2.75) is 26.3 Å². The summed E-state index contributed by atoms with van der Waals surface area (Å²) in [5.41, 5.74) is 15.5. The van der Waals surface area contributed by atoms with Gasteiger partial charge in [0.2, 0.25) is 0 Å². The Kier molecular flexibility index (Phi) is 5.62. The Morgan fingerprint density at radius 3 is 2.59 bits per heavy atom. The maximum atomic E-state index is 5.83. The summed E-state index contributed by atoms with van der Waals surface area (Å²) >= 11 is 0. The predicted octanol–water partition coefficient (Wildman–Crippen LogP) is 1.06. The molecule has 0 spiro atoms. The van der Waals surface area contributed by atoms with Gasteiger partial charge in [0.15, 0.2) is 0 Å². The molecule has 3 nitrogen and oxygen atoms in total. The molecule has 1 aromatic carbocycles. The van der Waals surface area contributed by atoms with E-state index in [0.717, 1.165) is 19.5 Å². The minimum absolute atomic E-state index is 0.0825. The van der Waals surface area contributed by atoms with Crippen LogP contribution in [0.2, 0.25) is 0 Å². The van der Waals surface area contributed by atoms with Gasteiger partial charge >= 0.3 is 0 Å². The lowest BCUT2D eigenvalue weighted by Crippen LogP contribution is -2.41. The van der Waals surface area contributed by atoms with Crippen molar-refractivity contribution < 1.29 is 0 Å². The lowest BCUT2D eigenvalue weighted by atomic mass is 10.0. The number of nitrogens with zero attached hydrogens (tertiary/aromatic N) is 1. The van der Waals surface area contributed by atoms with Gasteiger partial charge in [-0.05, 0) is 38.4 Å². The average Bonchev–Trinajstić information content (AvgIpc) is 2.27. The van der Waals surface area contributed by atoms with E-state index < -0.39 is 0 Å². The van der Waals surface area contributed by atoms with Crippen LogP contribution >= 0.6 is 0 Å². The Hall–Kier alpha value is -0.900. The Morgan fingerprint density at radius 2 is 2.00 bits per heavy atom. The van der Waals surface area contributed by atoms with Crippen LogP contribution in [0.5, 0.6) is 0 Å². The topological polar surface area (TPSA) is 55.3 Å². The van der Waals surface area contributed by atoms with E-state index in [9.17, 15) is 0 Å². The zero-order valence-corrected chi connectivity index (χ0v) is 11.2. The summed E-state index contributed by atoms with van der Waals surface area (Å²) in [7, 11) is 2.10. The van der Waals surface area contributed by atoms with Crippen LogP contribution in [0.4, 0.5) is 0 Å². The molecule has 0 bridgehead atoms. The summed E-state index contributed by atoms with van der Waals surface area (Å²) in [4.78, 5) is 2.25. The molecule has 1 unspecified atom stereocenters. The van der Waals surface area contributed by atoms with Gasteiger partial charge < -0.3 is 16.4 Å². The predicted molar refractivity (Wildman–Crippen MR) is 74.1 cm³/mol. The van der Waals surface area contributed by atoms with Crippen LogP contribution in [0.1, 0.15) is 16.7 Å². The summed E-state index contributed by atoms with van der Waals surface area (Å²) in [6, 6.07) is 6.72. The number of hydrogen-bond donors (Lipinski definition) is 2.